The smallest absolute Gasteiger partial charge is 0.149 e. The molecule has 0 radical (unpaired) electrons. The summed E-state index contributed by atoms with van der Waals surface area (Å²) >= 11 is 0. The van der Waals surface area contributed by atoms with Crippen LogP contribution < -0.4 is 11.1 Å². The Bertz CT molecular complexity index is 335. The Morgan fingerprint density at radius 3 is 3.06 bits per heavy atom. The van der Waals surface area contributed by atoms with Gasteiger partial charge >= 0.3 is 0 Å². The molecule has 0 aromatic carbocycles. The Hall–Kier alpha value is -0.940. The average molecular weight is 223 g/mol. The number of aromatic nitrogens is 3. The summed E-state index contributed by atoms with van der Waals surface area (Å²) in [5.74, 6) is 1.61. The van der Waals surface area contributed by atoms with Crippen LogP contribution in [0.1, 0.15) is 38.1 Å². The lowest BCUT2D eigenvalue weighted by Crippen LogP contribution is -2.38. The average Bonchev–Trinajstić information content (AvgIpc) is 2.86. The van der Waals surface area contributed by atoms with Gasteiger partial charge in [-0.25, -0.2) is 0 Å². The van der Waals surface area contributed by atoms with Crippen molar-refractivity contribution in [3.63, 3.8) is 0 Å². The van der Waals surface area contributed by atoms with Crippen LogP contribution in [-0.2, 0) is 7.05 Å². The van der Waals surface area contributed by atoms with Crippen LogP contribution in [0.5, 0.6) is 0 Å². The van der Waals surface area contributed by atoms with E-state index in [0.29, 0.717) is 12.0 Å². The molecule has 1 fully saturated rings. The standard InChI is InChI=1S/C11H21N5/c1-8(11-15-13-7-16(11)2)14-10-5-3-4-9(10)6-12/h7-10,14H,3-6,12H2,1-2H3. The second-order valence-corrected chi connectivity index (χ2v) is 4.72. The monoisotopic (exact) mass is 223 g/mol. The number of hydrogen-bond donors (Lipinski definition) is 2. The molecule has 16 heavy (non-hydrogen) atoms. The number of nitrogens with two attached hydrogens (primary N) is 1. The first-order valence-electron chi connectivity index (χ1n) is 6.02. The van der Waals surface area contributed by atoms with E-state index in [4.69, 9.17) is 5.73 Å². The van der Waals surface area contributed by atoms with Gasteiger partial charge in [0.15, 0.2) is 0 Å². The lowest BCUT2D eigenvalue weighted by Gasteiger charge is -2.23. The first kappa shape index (κ1) is 11.5. The molecule has 1 aromatic heterocycles. The van der Waals surface area contributed by atoms with Crippen molar-refractivity contribution in [3.05, 3.63) is 12.2 Å². The van der Waals surface area contributed by atoms with E-state index >= 15 is 0 Å². The lowest BCUT2D eigenvalue weighted by molar-refractivity contribution is 0.363. The Kier molecular flexibility index (Phi) is 3.56. The number of rotatable bonds is 4. The molecule has 0 aliphatic heterocycles. The quantitative estimate of drug-likeness (QED) is 0.784. The van der Waals surface area contributed by atoms with Crippen LogP contribution in [0.15, 0.2) is 6.33 Å². The highest BCUT2D eigenvalue weighted by Crippen LogP contribution is 2.26. The van der Waals surface area contributed by atoms with Crippen molar-refractivity contribution in [1.82, 2.24) is 20.1 Å². The molecule has 5 heteroatoms. The Labute approximate surface area is 96.4 Å². The first-order valence-corrected chi connectivity index (χ1v) is 6.02. The van der Waals surface area contributed by atoms with Crippen LogP contribution in [-0.4, -0.2) is 27.4 Å². The van der Waals surface area contributed by atoms with Crippen molar-refractivity contribution in [1.29, 1.82) is 0 Å². The molecule has 1 heterocycles. The molecule has 2 rings (SSSR count). The van der Waals surface area contributed by atoms with Gasteiger partial charge in [-0.2, -0.15) is 0 Å². The molecule has 1 aromatic rings. The van der Waals surface area contributed by atoms with Crippen molar-refractivity contribution >= 4 is 0 Å². The number of hydrogen-bond acceptors (Lipinski definition) is 4. The van der Waals surface area contributed by atoms with Crippen LogP contribution in [0.2, 0.25) is 0 Å². The summed E-state index contributed by atoms with van der Waals surface area (Å²) in [6.45, 7) is 2.92. The van der Waals surface area contributed by atoms with E-state index in [2.05, 4.69) is 22.4 Å². The van der Waals surface area contributed by atoms with Crippen LogP contribution in [0, 0.1) is 5.92 Å². The summed E-state index contributed by atoms with van der Waals surface area (Å²) in [4.78, 5) is 0. The van der Waals surface area contributed by atoms with Crippen molar-refractivity contribution in [2.24, 2.45) is 18.7 Å². The molecule has 0 spiro atoms. The second kappa shape index (κ2) is 4.93. The van der Waals surface area contributed by atoms with Gasteiger partial charge in [-0.15, -0.1) is 10.2 Å². The second-order valence-electron chi connectivity index (χ2n) is 4.72. The highest BCUT2D eigenvalue weighted by atomic mass is 15.3. The molecular formula is C11H21N5. The highest BCUT2D eigenvalue weighted by Gasteiger charge is 2.28. The Balaban J connectivity index is 1.97. The fraction of sp³-hybridized carbons (Fsp3) is 0.818. The van der Waals surface area contributed by atoms with Gasteiger partial charge in [0, 0.05) is 13.1 Å². The minimum absolute atomic E-state index is 0.240. The van der Waals surface area contributed by atoms with Crippen LogP contribution in [0.3, 0.4) is 0 Å². The minimum atomic E-state index is 0.240. The van der Waals surface area contributed by atoms with E-state index < -0.39 is 0 Å². The van der Waals surface area contributed by atoms with E-state index in [0.717, 1.165) is 12.4 Å². The molecule has 0 bridgehead atoms. The highest BCUT2D eigenvalue weighted by molar-refractivity contribution is 4.95. The fourth-order valence-corrected chi connectivity index (χ4v) is 2.62. The SMILES string of the molecule is CC(NC1CCCC1CN)c1nncn1C. The summed E-state index contributed by atoms with van der Waals surface area (Å²) in [7, 11) is 1.97. The van der Waals surface area contributed by atoms with E-state index in [-0.39, 0.29) is 6.04 Å². The molecular weight excluding hydrogens is 202 g/mol. The first-order chi connectivity index (χ1) is 7.72. The van der Waals surface area contributed by atoms with Gasteiger partial charge in [-0.1, -0.05) is 6.42 Å². The van der Waals surface area contributed by atoms with Crippen molar-refractivity contribution in [2.45, 2.75) is 38.3 Å². The van der Waals surface area contributed by atoms with E-state index in [1.54, 1.807) is 6.33 Å². The maximum absolute atomic E-state index is 5.78. The summed E-state index contributed by atoms with van der Waals surface area (Å²) in [6, 6.07) is 0.779. The van der Waals surface area contributed by atoms with Gasteiger partial charge in [-0.05, 0) is 32.2 Å². The van der Waals surface area contributed by atoms with Crippen LogP contribution in [0.25, 0.3) is 0 Å². The topological polar surface area (TPSA) is 68.8 Å². The third kappa shape index (κ3) is 2.25. The predicted molar refractivity (Wildman–Crippen MR) is 62.7 cm³/mol. The fourth-order valence-electron chi connectivity index (χ4n) is 2.62. The summed E-state index contributed by atoms with van der Waals surface area (Å²) < 4.78 is 1.96. The lowest BCUT2D eigenvalue weighted by atomic mass is 10.0. The maximum Gasteiger partial charge on any atom is 0.149 e. The molecule has 1 aliphatic rings. The van der Waals surface area contributed by atoms with Gasteiger partial charge < -0.3 is 15.6 Å². The molecule has 1 aliphatic carbocycles. The van der Waals surface area contributed by atoms with Gasteiger partial charge in [0.1, 0.15) is 12.2 Å². The van der Waals surface area contributed by atoms with Crippen LogP contribution >= 0.6 is 0 Å². The number of nitrogens with zero attached hydrogens (tertiary/aromatic N) is 3. The van der Waals surface area contributed by atoms with Crippen molar-refractivity contribution in [3.8, 4) is 0 Å². The predicted octanol–water partition coefficient (Wildman–Crippen LogP) is 0.593. The van der Waals surface area contributed by atoms with Crippen LogP contribution in [0.4, 0.5) is 0 Å². The largest absolute Gasteiger partial charge is 0.330 e. The molecule has 1 saturated carbocycles. The summed E-state index contributed by atoms with van der Waals surface area (Å²) in [5, 5.41) is 11.7. The third-order valence-corrected chi connectivity index (χ3v) is 3.56. The molecule has 5 nitrogen and oxygen atoms in total. The molecule has 0 amide bonds. The summed E-state index contributed by atoms with van der Waals surface area (Å²) in [6.07, 6.45) is 5.50. The number of aryl methyl sites for hydroxylation is 1. The van der Waals surface area contributed by atoms with Gasteiger partial charge in [0.25, 0.3) is 0 Å². The molecule has 3 atom stereocenters. The summed E-state index contributed by atoms with van der Waals surface area (Å²) in [5.41, 5.74) is 5.78. The minimum Gasteiger partial charge on any atom is -0.330 e. The molecule has 90 valence electrons. The van der Waals surface area contributed by atoms with E-state index in [9.17, 15) is 0 Å². The normalized spacial score (nSPS) is 27.2. The van der Waals surface area contributed by atoms with Gasteiger partial charge in [-0.3, -0.25) is 0 Å². The van der Waals surface area contributed by atoms with E-state index in [1.165, 1.54) is 19.3 Å². The third-order valence-electron chi connectivity index (χ3n) is 3.56. The zero-order valence-electron chi connectivity index (χ0n) is 10.1. The van der Waals surface area contributed by atoms with Crippen molar-refractivity contribution < 1.29 is 0 Å². The Morgan fingerprint density at radius 2 is 2.44 bits per heavy atom. The Morgan fingerprint density at radius 1 is 1.62 bits per heavy atom. The van der Waals surface area contributed by atoms with E-state index in [1.807, 2.05) is 11.6 Å². The molecule has 3 unspecified atom stereocenters. The molecule has 0 saturated heterocycles. The zero-order chi connectivity index (χ0) is 11.5. The molecule has 3 N–H and O–H groups in total. The maximum atomic E-state index is 5.78. The number of nitrogens with one attached hydrogen (secondary N) is 1. The van der Waals surface area contributed by atoms with Gasteiger partial charge in [0.05, 0.1) is 6.04 Å². The zero-order valence-corrected chi connectivity index (χ0v) is 10.1. The van der Waals surface area contributed by atoms with Gasteiger partial charge in [0.2, 0.25) is 0 Å². The van der Waals surface area contributed by atoms with Crippen molar-refractivity contribution in [2.75, 3.05) is 6.54 Å².